The molecule has 4 aromatic carbocycles. The first kappa shape index (κ1) is 43.8. The molecule has 0 aliphatic carbocycles. The third kappa shape index (κ3) is 14.0. The summed E-state index contributed by atoms with van der Waals surface area (Å²) >= 11 is 2.76. The Bertz CT molecular complexity index is 2070. The van der Waals surface area contributed by atoms with E-state index in [2.05, 4.69) is 12.1 Å². The second-order valence-electron chi connectivity index (χ2n) is 9.97. The zero-order chi connectivity index (χ0) is 34.7. The van der Waals surface area contributed by atoms with Gasteiger partial charge < -0.3 is 17.8 Å². The summed E-state index contributed by atoms with van der Waals surface area (Å²) in [5.41, 5.74) is 6.96. The molecule has 2 radical (unpaired) electrons. The number of amidine groups is 1. The molecule has 5 rings (SSSR count). The van der Waals surface area contributed by atoms with Gasteiger partial charge in [0.25, 0.3) is 6.73 Å². The van der Waals surface area contributed by atoms with Crippen molar-refractivity contribution < 1.29 is 110 Å². The normalized spacial score (nSPS) is 10.7. The molecular weight excluding hydrogens is 872 g/mol. The van der Waals surface area contributed by atoms with Gasteiger partial charge in [-0.1, -0.05) is 11.3 Å². The van der Waals surface area contributed by atoms with E-state index in [0.717, 1.165) is 27.9 Å². The smallest absolute Gasteiger partial charge is 0.315 e. The van der Waals surface area contributed by atoms with Crippen LogP contribution in [0.3, 0.4) is 0 Å². The fourth-order valence-corrected chi connectivity index (χ4v) is 6.70. The summed E-state index contributed by atoms with van der Waals surface area (Å²) in [6.45, 7) is 6.00. The van der Waals surface area contributed by atoms with Crippen LogP contribution in [0.4, 0.5) is 0 Å². The van der Waals surface area contributed by atoms with Crippen molar-refractivity contribution in [3.8, 4) is 23.0 Å². The van der Waals surface area contributed by atoms with Gasteiger partial charge in [-0.25, -0.2) is 0 Å². The Morgan fingerprint density at radius 2 is 1.26 bits per heavy atom. The monoisotopic (exact) mass is 905 g/mol. The van der Waals surface area contributed by atoms with Crippen LogP contribution in [0.2, 0.25) is 0 Å². The van der Waals surface area contributed by atoms with E-state index in [1.54, 1.807) is 66.8 Å². The number of thioether (sulfide) groups is 1. The number of benzene rings is 4. The van der Waals surface area contributed by atoms with Crippen LogP contribution in [0.15, 0.2) is 106 Å². The summed E-state index contributed by atoms with van der Waals surface area (Å²) < 4.78 is 72.6. The predicted octanol–water partition coefficient (Wildman–Crippen LogP) is 3.96. The number of hydrogen-bond donors (Lipinski definition) is 2. The Kier molecular flexibility index (Phi) is 18.1. The SMILES string of the molecule is Cc1cc(OCSC(N)=[NH2+])cc(OS(=O)(=O)c2[c-]cccc2)c1.Cc1cc(OC[n+]2ccsc2C)cc(OS(=O)(=O)c2[c-]cccc2)c1.[Y].[Y]. The number of thiazole rings is 1. The molecule has 0 atom stereocenters. The van der Waals surface area contributed by atoms with Gasteiger partial charge in [-0.15, -0.1) is 12.1 Å². The topological polar surface area (TPSA) is 161 Å². The number of aromatic nitrogens is 1. The van der Waals surface area contributed by atoms with Crippen molar-refractivity contribution in [2.75, 3.05) is 5.94 Å². The molecule has 0 aliphatic heterocycles. The minimum atomic E-state index is -3.94. The number of ether oxygens (including phenoxy) is 2. The van der Waals surface area contributed by atoms with Crippen LogP contribution in [-0.2, 0) is 92.4 Å². The zero-order valence-electron chi connectivity index (χ0n) is 27.3. The van der Waals surface area contributed by atoms with Gasteiger partial charge in [0.05, 0.1) is 5.38 Å². The van der Waals surface area contributed by atoms with Crippen LogP contribution in [0.5, 0.6) is 23.0 Å². The number of nitrogens with zero attached hydrogens (tertiary/aromatic N) is 1. The molecule has 4 N–H and O–H groups in total. The minimum Gasteiger partial charge on any atom is -0.482 e. The summed E-state index contributed by atoms with van der Waals surface area (Å²) in [5.74, 6) is 1.58. The molecule has 1 aromatic heterocycles. The number of hydrogen-bond acceptors (Lipinski definition) is 10. The van der Waals surface area contributed by atoms with Crippen molar-refractivity contribution in [1.82, 2.24) is 0 Å². The van der Waals surface area contributed by atoms with Gasteiger partial charge >= 0.3 is 25.4 Å². The van der Waals surface area contributed by atoms with Crippen LogP contribution in [0, 0.1) is 32.9 Å². The van der Waals surface area contributed by atoms with Gasteiger partial charge in [0.1, 0.15) is 28.9 Å². The Morgan fingerprint density at radius 1 is 0.780 bits per heavy atom. The Balaban J connectivity index is 0.000000335. The fraction of sp³-hybridized carbons (Fsp3) is 0.152. The summed E-state index contributed by atoms with van der Waals surface area (Å²) in [4.78, 5) is -0.0477. The molecule has 50 heavy (non-hydrogen) atoms. The van der Waals surface area contributed by atoms with Gasteiger partial charge in [-0.05, 0) is 59.0 Å². The van der Waals surface area contributed by atoms with Crippen molar-refractivity contribution in [3.63, 3.8) is 0 Å². The summed E-state index contributed by atoms with van der Waals surface area (Å²) in [6.07, 6.45) is 1.93. The average Bonchev–Trinajstić information content (AvgIpc) is 3.44. The third-order valence-electron chi connectivity index (χ3n) is 6.07. The third-order valence-corrected chi connectivity index (χ3v) is 9.88. The van der Waals surface area contributed by atoms with Crippen LogP contribution in [0.1, 0.15) is 16.1 Å². The summed E-state index contributed by atoms with van der Waals surface area (Å²) in [7, 11) is -7.87. The number of nitrogens with two attached hydrogens (primary N) is 2. The molecule has 1 heterocycles. The molecule has 11 nitrogen and oxygen atoms in total. The quantitative estimate of drug-likeness (QED) is 0.0469. The van der Waals surface area contributed by atoms with Crippen molar-refractivity contribution in [2.24, 2.45) is 5.73 Å². The van der Waals surface area contributed by atoms with Crippen molar-refractivity contribution in [3.05, 3.63) is 125 Å². The van der Waals surface area contributed by atoms with Crippen molar-refractivity contribution in [2.45, 2.75) is 37.3 Å². The van der Waals surface area contributed by atoms with E-state index in [1.807, 2.05) is 36.1 Å². The molecule has 0 unspecified atom stereocenters. The summed E-state index contributed by atoms with van der Waals surface area (Å²) in [5, 5.41) is 8.62. The van der Waals surface area contributed by atoms with Gasteiger partial charge in [-0.2, -0.15) is 69.9 Å². The Morgan fingerprint density at radius 3 is 1.68 bits per heavy atom. The molecule has 0 bridgehead atoms. The maximum Gasteiger partial charge on any atom is 0.315 e. The van der Waals surface area contributed by atoms with E-state index >= 15 is 0 Å². The van der Waals surface area contributed by atoms with E-state index in [0.29, 0.717) is 18.2 Å². The molecule has 17 heteroatoms. The molecular formula is C33H33N3O8S4Y2. The number of aryl methyl sites for hydroxylation is 3. The second kappa shape index (κ2) is 20.6. The maximum absolute atomic E-state index is 12.3. The maximum atomic E-state index is 12.3. The molecule has 0 fully saturated rings. The van der Waals surface area contributed by atoms with E-state index in [1.165, 1.54) is 30.3 Å². The molecule has 0 saturated carbocycles. The molecule has 0 aliphatic rings. The van der Waals surface area contributed by atoms with E-state index in [9.17, 15) is 16.8 Å². The molecule has 0 spiro atoms. The van der Waals surface area contributed by atoms with E-state index in [-0.39, 0.29) is 97.8 Å². The molecule has 5 aromatic rings. The first-order valence-corrected chi connectivity index (χ1v) is 18.7. The van der Waals surface area contributed by atoms with Gasteiger partial charge in [0, 0.05) is 96.2 Å². The van der Waals surface area contributed by atoms with Gasteiger partial charge in [-0.3, -0.25) is 11.1 Å². The van der Waals surface area contributed by atoms with Crippen LogP contribution in [0.25, 0.3) is 0 Å². The fourth-order valence-electron chi connectivity index (χ4n) is 3.92. The molecule has 0 saturated heterocycles. The molecule has 258 valence electrons. The Labute approximate surface area is 351 Å². The van der Waals surface area contributed by atoms with E-state index < -0.39 is 20.2 Å². The predicted molar refractivity (Wildman–Crippen MR) is 183 cm³/mol. The van der Waals surface area contributed by atoms with Crippen molar-refractivity contribution in [1.29, 1.82) is 0 Å². The largest absolute Gasteiger partial charge is 0.482 e. The minimum absolute atomic E-state index is 0. The van der Waals surface area contributed by atoms with Crippen LogP contribution >= 0.6 is 23.1 Å². The summed E-state index contributed by atoms with van der Waals surface area (Å²) in [6, 6.07) is 27.7. The second-order valence-corrected chi connectivity index (χ2v) is 15.1. The number of rotatable bonds is 12. The first-order valence-electron chi connectivity index (χ1n) is 14.1. The van der Waals surface area contributed by atoms with Gasteiger partial charge in [0.15, 0.2) is 6.20 Å². The molecule has 0 amide bonds. The van der Waals surface area contributed by atoms with Gasteiger partial charge in [0.2, 0.25) is 5.01 Å². The average molecular weight is 906 g/mol. The van der Waals surface area contributed by atoms with Crippen LogP contribution < -0.4 is 33.5 Å². The van der Waals surface area contributed by atoms with E-state index in [4.69, 9.17) is 29.0 Å². The first-order chi connectivity index (χ1) is 22.8. The van der Waals surface area contributed by atoms with Crippen molar-refractivity contribution >= 4 is 48.5 Å². The zero-order valence-corrected chi connectivity index (χ0v) is 36.2. The Hall–Kier alpha value is -2.36. The van der Waals surface area contributed by atoms with Crippen LogP contribution in [-0.4, -0.2) is 27.9 Å². The standard InChI is InChI=1S/C18H17NO4S2.C15H15N2O4S2.2Y/c1-14-10-16(22-13-19-8-9-24-15(19)2)12-17(11-14)23-25(20,21)18-6-4-3-5-7-18;1-11-7-12(20-10-22-15(16)17)9-13(8-11)21-23(18,19)14-5-3-2-4-6-14;;/h3-6,8-12H,13H2,1-2H3;2-5,7-9H,10H2,1H3,(H3,16,17);;/q;-1;;/p+1.